The maximum Gasteiger partial charge on any atom is 0.254 e. The molecule has 2 saturated carbocycles. The molecule has 2 heterocycles. The topological polar surface area (TPSA) is 157 Å². The highest BCUT2D eigenvalue weighted by molar-refractivity contribution is 6.03. The van der Waals surface area contributed by atoms with Gasteiger partial charge in [0.15, 0.2) is 0 Å². The highest BCUT2D eigenvalue weighted by Crippen LogP contribution is 2.43. The van der Waals surface area contributed by atoms with Crippen LogP contribution in [0, 0.1) is 11.8 Å². The second-order valence-electron chi connectivity index (χ2n) is 18.6. The van der Waals surface area contributed by atoms with E-state index in [9.17, 15) is 28.8 Å². The second kappa shape index (κ2) is 22.4. The monoisotopic (exact) mass is 873 g/mol. The van der Waals surface area contributed by atoms with Crippen LogP contribution in [0.2, 0.25) is 0 Å². The molecule has 7 rings (SSSR count). The Kier molecular flexibility index (Phi) is 16.3. The van der Waals surface area contributed by atoms with Crippen LogP contribution in [0.4, 0.5) is 0 Å². The molecule has 0 unspecified atom stereocenters. The van der Waals surface area contributed by atoms with E-state index < -0.39 is 17.9 Å². The summed E-state index contributed by atoms with van der Waals surface area (Å²) in [5.74, 6) is -2.72. The number of nitrogens with one attached hydrogen (secondary N) is 4. The van der Waals surface area contributed by atoms with Gasteiger partial charge < -0.3 is 31.1 Å². The van der Waals surface area contributed by atoms with Crippen LogP contribution in [0.15, 0.2) is 78.9 Å². The van der Waals surface area contributed by atoms with E-state index in [2.05, 4.69) is 59.4 Å². The molecule has 12 heteroatoms. The van der Waals surface area contributed by atoms with Crippen molar-refractivity contribution in [3.8, 4) is 0 Å². The Morgan fingerprint density at radius 1 is 0.672 bits per heavy atom. The average molecular weight is 873 g/mol. The first-order valence-corrected chi connectivity index (χ1v) is 24.1. The first kappa shape index (κ1) is 46.5. The fraction of sp³-hybridized carbons (Fsp3) is 0.538. The molecule has 64 heavy (non-hydrogen) atoms. The molecular weight excluding hydrogens is 805 g/mol. The van der Waals surface area contributed by atoms with Crippen LogP contribution in [0.3, 0.4) is 0 Å². The van der Waals surface area contributed by atoms with E-state index in [4.69, 9.17) is 0 Å². The summed E-state index contributed by atoms with van der Waals surface area (Å²) in [5.41, 5.74) is 3.70. The van der Waals surface area contributed by atoms with Crippen molar-refractivity contribution in [2.24, 2.45) is 11.8 Å². The number of benzene rings is 3. The summed E-state index contributed by atoms with van der Waals surface area (Å²) in [4.78, 5) is 86.0. The number of unbranched alkanes of at least 4 members (excludes halogenated alkanes) is 9. The van der Waals surface area contributed by atoms with E-state index in [1.807, 2.05) is 36.4 Å². The van der Waals surface area contributed by atoms with E-state index in [1.54, 1.807) is 28.0 Å². The van der Waals surface area contributed by atoms with Crippen LogP contribution in [-0.2, 0) is 25.7 Å². The standard InChI is InChI=1S/C52H68N6O6/c1-3-5-7-9-10-11-18-24-47(59)54-46(50(62)53-27-19-8-6-4-2)34-57-31-38-26-25-37(28-41(38)52(57)64)51(63)58-32-42(48(60)55-44-29-39(44)35-20-14-12-15-21-35)43(33-58)49(61)56-45-30-40(45)36-22-16-13-17-23-36/h12-17,20-23,25-26,28,39-40,42-46H,3-11,18-19,24,27,29-34H2,1-2H3,(H,53,62)(H,54,59)(H,55,60)(H,56,61)/t39-,40-,42-,43-,44+,45+,46+/m1/s1. The van der Waals surface area contributed by atoms with Crippen molar-refractivity contribution in [1.82, 2.24) is 31.1 Å². The maximum atomic E-state index is 14.3. The zero-order valence-electron chi connectivity index (χ0n) is 37.8. The van der Waals surface area contributed by atoms with Crippen molar-refractivity contribution in [1.29, 1.82) is 0 Å². The highest BCUT2D eigenvalue weighted by Gasteiger charge is 2.49. The van der Waals surface area contributed by atoms with Gasteiger partial charge in [0.05, 0.1) is 18.4 Å². The predicted octanol–water partition coefficient (Wildman–Crippen LogP) is 7.00. The minimum absolute atomic E-state index is 0.00169. The summed E-state index contributed by atoms with van der Waals surface area (Å²) in [6, 6.07) is 24.2. The number of likely N-dealkylation sites (tertiary alicyclic amines) is 1. The van der Waals surface area contributed by atoms with Crippen molar-refractivity contribution >= 4 is 35.4 Å². The molecule has 12 nitrogen and oxygen atoms in total. The third-order valence-corrected chi connectivity index (χ3v) is 13.6. The van der Waals surface area contributed by atoms with Crippen molar-refractivity contribution in [3.05, 3.63) is 107 Å². The lowest BCUT2D eigenvalue weighted by Gasteiger charge is -2.24. The van der Waals surface area contributed by atoms with Crippen LogP contribution in [0.1, 0.15) is 153 Å². The Morgan fingerprint density at radius 3 is 1.80 bits per heavy atom. The molecule has 7 atom stereocenters. The van der Waals surface area contributed by atoms with Crippen LogP contribution < -0.4 is 21.3 Å². The number of nitrogens with zero attached hydrogens (tertiary/aromatic N) is 2. The van der Waals surface area contributed by atoms with Gasteiger partial charge in [0.2, 0.25) is 23.6 Å². The molecule has 342 valence electrons. The van der Waals surface area contributed by atoms with E-state index in [-0.39, 0.29) is 91.1 Å². The predicted molar refractivity (Wildman–Crippen MR) is 247 cm³/mol. The fourth-order valence-electron chi connectivity index (χ4n) is 9.56. The highest BCUT2D eigenvalue weighted by atomic mass is 16.2. The number of carbonyl (C=O) groups is 6. The van der Waals surface area contributed by atoms with Crippen LogP contribution >= 0.6 is 0 Å². The lowest BCUT2D eigenvalue weighted by atomic mass is 9.94. The van der Waals surface area contributed by atoms with Gasteiger partial charge in [0.25, 0.3) is 11.8 Å². The summed E-state index contributed by atoms with van der Waals surface area (Å²) in [5, 5.41) is 12.3. The lowest BCUT2D eigenvalue weighted by Crippen LogP contribution is -2.52. The number of carbonyl (C=O) groups excluding carboxylic acids is 6. The molecule has 0 radical (unpaired) electrons. The SMILES string of the molecule is CCCCCCCCCC(=O)N[C@@H](CN1Cc2ccc(C(=O)N3C[C@@H](C(=O)N[C@H]4C[C@@H]4c4ccccc4)[C@H](C(=O)N[C@H]4C[C@@H]4c4ccccc4)C3)cc2C1=O)C(=O)NCCCCCC. The number of hydrogen-bond acceptors (Lipinski definition) is 6. The smallest absolute Gasteiger partial charge is 0.254 e. The molecule has 3 aromatic carbocycles. The Labute approximate surface area is 379 Å². The van der Waals surface area contributed by atoms with Gasteiger partial charge in [0, 0.05) is 67.6 Å². The van der Waals surface area contributed by atoms with E-state index >= 15 is 0 Å². The van der Waals surface area contributed by atoms with Gasteiger partial charge in [0.1, 0.15) is 6.04 Å². The number of amides is 6. The Morgan fingerprint density at radius 2 is 1.22 bits per heavy atom. The average Bonchev–Trinajstić information content (AvgIpc) is 4.19. The molecule has 3 fully saturated rings. The lowest BCUT2D eigenvalue weighted by molar-refractivity contribution is -0.133. The zero-order valence-corrected chi connectivity index (χ0v) is 37.8. The molecule has 1 saturated heterocycles. The molecular formula is C52H68N6O6. The molecule has 0 bridgehead atoms. The van der Waals surface area contributed by atoms with Gasteiger partial charge in [-0.05, 0) is 54.5 Å². The van der Waals surface area contributed by atoms with Crippen LogP contribution in [0.25, 0.3) is 0 Å². The second-order valence-corrected chi connectivity index (χ2v) is 18.6. The Balaban J connectivity index is 0.992. The summed E-state index contributed by atoms with van der Waals surface area (Å²) < 4.78 is 0. The fourth-order valence-corrected chi connectivity index (χ4v) is 9.56. The largest absolute Gasteiger partial charge is 0.354 e. The van der Waals surface area contributed by atoms with E-state index in [0.717, 1.165) is 80.9 Å². The van der Waals surface area contributed by atoms with Crippen molar-refractivity contribution < 1.29 is 28.8 Å². The molecule has 2 aliphatic heterocycles. The Bertz CT molecular complexity index is 2020. The summed E-state index contributed by atoms with van der Waals surface area (Å²) in [6.07, 6.45) is 13.5. The number of fused-ring (bicyclic) bond motifs is 1. The molecule has 0 spiro atoms. The van der Waals surface area contributed by atoms with Crippen molar-refractivity contribution in [2.45, 2.75) is 140 Å². The van der Waals surface area contributed by atoms with Crippen LogP contribution in [-0.4, -0.2) is 89.5 Å². The number of rotatable bonds is 24. The normalized spacial score (nSPS) is 22.4. The number of hydrogen-bond donors (Lipinski definition) is 4. The van der Waals surface area contributed by atoms with Gasteiger partial charge in [-0.2, -0.15) is 0 Å². The van der Waals surface area contributed by atoms with Gasteiger partial charge in [-0.3, -0.25) is 28.8 Å². The van der Waals surface area contributed by atoms with E-state index in [1.165, 1.54) is 19.3 Å². The third kappa shape index (κ3) is 12.2. The van der Waals surface area contributed by atoms with Gasteiger partial charge in [-0.15, -0.1) is 0 Å². The molecule has 0 aromatic heterocycles. The molecule has 4 aliphatic rings. The van der Waals surface area contributed by atoms with E-state index in [0.29, 0.717) is 18.5 Å². The van der Waals surface area contributed by atoms with Gasteiger partial charge in [-0.1, -0.05) is 138 Å². The van der Waals surface area contributed by atoms with Gasteiger partial charge >= 0.3 is 0 Å². The molecule has 3 aromatic rings. The van der Waals surface area contributed by atoms with Crippen LogP contribution in [0.5, 0.6) is 0 Å². The molecule has 4 N–H and O–H groups in total. The van der Waals surface area contributed by atoms with Gasteiger partial charge in [-0.25, -0.2) is 0 Å². The minimum Gasteiger partial charge on any atom is -0.354 e. The summed E-state index contributed by atoms with van der Waals surface area (Å²) in [6.45, 7) is 5.19. The van der Waals surface area contributed by atoms with Crippen molar-refractivity contribution in [2.75, 3.05) is 26.2 Å². The minimum atomic E-state index is -0.921. The first-order valence-electron chi connectivity index (χ1n) is 24.1. The Hall–Kier alpha value is -5.52. The first-order chi connectivity index (χ1) is 31.1. The third-order valence-electron chi connectivity index (χ3n) is 13.6. The summed E-state index contributed by atoms with van der Waals surface area (Å²) in [7, 11) is 0. The van der Waals surface area contributed by atoms with Crippen molar-refractivity contribution in [3.63, 3.8) is 0 Å². The quantitative estimate of drug-likeness (QED) is 0.0711. The summed E-state index contributed by atoms with van der Waals surface area (Å²) >= 11 is 0. The maximum absolute atomic E-state index is 14.3. The molecule has 2 aliphatic carbocycles. The molecule has 6 amide bonds. The zero-order chi connectivity index (χ0) is 45.0.